The molecule has 0 saturated heterocycles. The topological polar surface area (TPSA) is 65.1 Å². The van der Waals surface area contributed by atoms with Crippen LogP contribution in [-0.4, -0.2) is 22.1 Å². The molecule has 18 heavy (non-hydrogen) atoms. The maximum absolute atomic E-state index is 10.9. The number of rotatable bonds is 4. The first kappa shape index (κ1) is 11.3. The zero-order valence-electron chi connectivity index (χ0n) is 10.1. The number of nitrogens with one attached hydrogen (secondary N) is 2. The van der Waals surface area contributed by atoms with E-state index >= 15 is 0 Å². The fourth-order valence-corrected chi connectivity index (χ4v) is 2.28. The lowest BCUT2D eigenvalue weighted by Crippen LogP contribution is -2.34. The van der Waals surface area contributed by atoms with E-state index in [1.807, 2.05) is 6.07 Å². The van der Waals surface area contributed by atoms with Crippen molar-refractivity contribution in [1.29, 1.82) is 0 Å². The summed E-state index contributed by atoms with van der Waals surface area (Å²) in [7, 11) is 0. The summed E-state index contributed by atoms with van der Waals surface area (Å²) in [5, 5.41) is 13.5. The lowest BCUT2D eigenvalue weighted by Gasteiger charge is -2.26. The monoisotopic (exact) mass is 244 g/mol. The number of fused-ring (bicyclic) bond motifs is 1. The van der Waals surface area contributed by atoms with Crippen molar-refractivity contribution in [2.45, 2.75) is 31.8 Å². The van der Waals surface area contributed by atoms with Crippen LogP contribution in [0.15, 0.2) is 24.3 Å². The van der Waals surface area contributed by atoms with Crippen molar-refractivity contribution in [3.63, 3.8) is 0 Å². The lowest BCUT2D eigenvalue weighted by molar-refractivity contribution is 0.0697. The minimum absolute atomic E-state index is 0.322. The Bertz CT molecular complexity index is 584. The summed E-state index contributed by atoms with van der Waals surface area (Å²) in [6.45, 7) is 0.821. The van der Waals surface area contributed by atoms with E-state index < -0.39 is 5.97 Å². The maximum atomic E-state index is 10.9. The Morgan fingerprint density at radius 1 is 1.39 bits per heavy atom. The van der Waals surface area contributed by atoms with Crippen molar-refractivity contribution in [2.75, 3.05) is 0 Å². The summed E-state index contributed by atoms with van der Waals surface area (Å²) in [6.07, 6.45) is 3.86. The molecule has 1 aromatic carbocycles. The Labute approximate surface area is 105 Å². The number of carboxylic acid groups (broad SMARTS) is 1. The number of hydrogen-bond acceptors (Lipinski definition) is 2. The molecule has 0 aliphatic heterocycles. The molecule has 1 aliphatic rings. The van der Waals surface area contributed by atoms with Crippen LogP contribution in [0.2, 0.25) is 0 Å². The molecule has 1 fully saturated rings. The van der Waals surface area contributed by atoms with Gasteiger partial charge in [-0.25, -0.2) is 4.79 Å². The molecule has 0 bridgehead atoms. The molecule has 4 heteroatoms. The molecule has 0 spiro atoms. The van der Waals surface area contributed by atoms with Gasteiger partial charge in [-0.2, -0.15) is 0 Å². The van der Waals surface area contributed by atoms with Crippen molar-refractivity contribution in [3.05, 3.63) is 35.5 Å². The molecule has 1 aliphatic carbocycles. The normalized spacial score (nSPS) is 15.8. The van der Waals surface area contributed by atoms with E-state index in [1.54, 1.807) is 12.1 Å². The van der Waals surface area contributed by atoms with Crippen LogP contribution in [0.25, 0.3) is 10.9 Å². The van der Waals surface area contributed by atoms with Gasteiger partial charge in [0.1, 0.15) is 0 Å². The van der Waals surface area contributed by atoms with E-state index in [1.165, 1.54) is 19.3 Å². The number of benzene rings is 1. The highest BCUT2D eigenvalue weighted by Gasteiger charge is 2.16. The van der Waals surface area contributed by atoms with Crippen molar-refractivity contribution < 1.29 is 9.90 Å². The molecule has 0 radical (unpaired) electrons. The van der Waals surface area contributed by atoms with Crippen LogP contribution in [0.1, 0.15) is 35.3 Å². The minimum atomic E-state index is -0.888. The molecule has 0 atom stereocenters. The predicted octanol–water partition coefficient (Wildman–Crippen LogP) is 2.51. The van der Waals surface area contributed by atoms with Crippen LogP contribution < -0.4 is 5.32 Å². The SMILES string of the molecule is O=C(O)c1ccc2cc(CNC3CCC3)[nH]c2c1. The summed E-state index contributed by atoms with van der Waals surface area (Å²) in [5.74, 6) is -0.888. The van der Waals surface area contributed by atoms with E-state index in [0.717, 1.165) is 23.1 Å². The number of H-pyrrole nitrogens is 1. The van der Waals surface area contributed by atoms with Gasteiger partial charge in [0.2, 0.25) is 0 Å². The molecule has 4 nitrogen and oxygen atoms in total. The van der Waals surface area contributed by atoms with E-state index in [2.05, 4.69) is 16.4 Å². The Hall–Kier alpha value is -1.81. The Balaban J connectivity index is 1.79. The fraction of sp³-hybridized carbons (Fsp3) is 0.357. The second kappa shape index (κ2) is 4.46. The predicted molar refractivity (Wildman–Crippen MR) is 69.7 cm³/mol. The van der Waals surface area contributed by atoms with E-state index in [4.69, 9.17) is 5.11 Å². The minimum Gasteiger partial charge on any atom is -0.478 e. The number of carbonyl (C=O) groups is 1. The summed E-state index contributed by atoms with van der Waals surface area (Å²) in [5.41, 5.74) is 2.32. The molecule has 2 aromatic rings. The summed E-state index contributed by atoms with van der Waals surface area (Å²) >= 11 is 0. The van der Waals surface area contributed by atoms with E-state index in [-0.39, 0.29) is 0 Å². The molecule has 1 heterocycles. The Kier molecular flexibility index (Phi) is 2.80. The van der Waals surface area contributed by atoms with Gasteiger partial charge in [-0.3, -0.25) is 0 Å². The number of aromatic amines is 1. The molecule has 1 aromatic heterocycles. The fourth-order valence-electron chi connectivity index (χ4n) is 2.28. The van der Waals surface area contributed by atoms with Gasteiger partial charge in [0, 0.05) is 23.8 Å². The molecular weight excluding hydrogens is 228 g/mol. The first-order valence-electron chi connectivity index (χ1n) is 6.31. The number of carboxylic acids is 1. The van der Waals surface area contributed by atoms with Gasteiger partial charge in [0.05, 0.1) is 5.56 Å². The maximum Gasteiger partial charge on any atom is 0.335 e. The van der Waals surface area contributed by atoms with Crippen molar-refractivity contribution in [3.8, 4) is 0 Å². The van der Waals surface area contributed by atoms with E-state index in [9.17, 15) is 4.79 Å². The third kappa shape index (κ3) is 2.11. The number of aromatic nitrogens is 1. The Morgan fingerprint density at radius 3 is 2.89 bits per heavy atom. The molecule has 0 unspecified atom stereocenters. The third-order valence-corrected chi connectivity index (χ3v) is 3.61. The van der Waals surface area contributed by atoms with Crippen LogP contribution in [0.4, 0.5) is 0 Å². The smallest absolute Gasteiger partial charge is 0.335 e. The highest BCUT2D eigenvalue weighted by Crippen LogP contribution is 2.20. The van der Waals surface area contributed by atoms with Gasteiger partial charge in [0.15, 0.2) is 0 Å². The summed E-state index contributed by atoms with van der Waals surface area (Å²) in [4.78, 5) is 14.2. The van der Waals surface area contributed by atoms with Crippen LogP contribution in [0.3, 0.4) is 0 Å². The molecule has 94 valence electrons. The Morgan fingerprint density at radius 2 is 2.22 bits per heavy atom. The third-order valence-electron chi connectivity index (χ3n) is 3.61. The van der Waals surface area contributed by atoms with Gasteiger partial charge in [-0.15, -0.1) is 0 Å². The first-order chi connectivity index (χ1) is 8.72. The standard InChI is InChI=1S/C14H16N2O2/c17-14(18)10-5-4-9-6-12(16-13(9)7-10)8-15-11-2-1-3-11/h4-7,11,15-16H,1-3,8H2,(H,17,18). The van der Waals surface area contributed by atoms with Crippen LogP contribution in [-0.2, 0) is 6.54 Å². The molecular formula is C14H16N2O2. The number of aromatic carboxylic acids is 1. The summed E-state index contributed by atoms with van der Waals surface area (Å²) < 4.78 is 0. The van der Waals surface area contributed by atoms with E-state index in [0.29, 0.717) is 11.6 Å². The molecule has 3 rings (SSSR count). The quantitative estimate of drug-likeness (QED) is 0.774. The van der Waals surface area contributed by atoms with Crippen molar-refractivity contribution >= 4 is 16.9 Å². The van der Waals surface area contributed by atoms with Crippen LogP contribution in [0, 0.1) is 0 Å². The highest BCUT2D eigenvalue weighted by atomic mass is 16.4. The molecule has 0 amide bonds. The van der Waals surface area contributed by atoms with Gasteiger partial charge in [0.25, 0.3) is 0 Å². The second-order valence-electron chi connectivity index (χ2n) is 4.91. The van der Waals surface area contributed by atoms with Gasteiger partial charge in [-0.1, -0.05) is 12.5 Å². The van der Waals surface area contributed by atoms with Crippen LogP contribution >= 0.6 is 0 Å². The van der Waals surface area contributed by atoms with Gasteiger partial charge < -0.3 is 15.4 Å². The average molecular weight is 244 g/mol. The van der Waals surface area contributed by atoms with Crippen molar-refractivity contribution in [1.82, 2.24) is 10.3 Å². The van der Waals surface area contributed by atoms with Gasteiger partial charge in [-0.05, 0) is 36.4 Å². The largest absolute Gasteiger partial charge is 0.478 e. The summed E-state index contributed by atoms with van der Waals surface area (Å²) in [6, 6.07) is 7.91. The average Bonchev–Trinajstić information content (AvgIpc) is 2.68. The van der Waals surface area contributed by atoms with Crippen molar-refractivity contribution in [2.24, 2.45) is 0 Å². The zero-order chi connectivity index (χ0) is 12.5. The lowest BCUT2D eigenvalue weighted by atomic mass is 9.93. The first-order valence-corrected chi connectivity index (χ1v) is 6.31. The molecule has 3 N–H and O–H groups in total. The zero-order valence-corrected chi connectivity index (χ0v) is 10.1. The number of hydrogen-bond donors (Lipinski definition) is 3. The highest BCUT2D eigenvalue weighted by molar-refractivity contribution is 5.93. The van der Waals surface area contributed by atoms with Crippen LogP contribution in [0.5, 0.6) is 0 Å². The molecule has 1 saturated carbocycles. The second-order valence-corrected chi connectivity index (χ2v) is 4.91. The van der Waals surface area contributed by atoms with Gasteiger partial charge >= 0.3 is 5.97 Å².